The normalized spacial score (nSPS) is 20.6. The van der Waals surface area contributed by atoms with Crippen molar-refractivity contribution in [2.75, 3.05) is 0 Å². The smallest absolute Gasteiger partial charge is 0.248 e. The molecule has 1 unspecified atom stereocenters. The van der Waals surface area contributed by atoms with Gasteiger partial charge in [-0.1, -0.05) is 6.07 Å². The highest BCUT2D eigenvalue weighted by atomic mass is 19.3. The van der Waals surface area contributed by atoms with Crippen molar-refractivity contribution in [1.29, 1.82) is 0 Å². The summed E-state index contributed by atoms with van der Waals surface area (Å²) in [5.74, 6) is -3.58. The number of benzene rings is 1. The second-order valence-electron chi connectivity index (χ2n) is 6.19. The molecule has 1 aliphatic rings. The van der Waals surface area contributed by atoms with Crippen molar-refractivity contribution >= 4 is 11.0 Å². The van der Waals surface area contributed by atoms with Crippen LogP contribution in [-0.4, -0.2) is 12.3 Å². The maximum Gasteiger partial charge on any atom is 0.248 e. The van der Waals surface area contributed by atoms with Crippen molar-refractivity contribution in [3.05, 3.63) is 36.1 Å². The van der Waals surface area contributed by atoms with Gasteiger partial charge in [0.2, 0.25) is 12.3 Å². The summed E-state index contributed by atoms with van der Waals surface area (Å²) in [6, 6.07) is 6.80. The molecule has 0 radical (unpaired) electrons. The molecule has 1 fully saturated rings. The van der Waals surface area contributed by atoms with Crippen LogP contribution in [-0.2, 0) is 0 Å². The van der Waals surface area contributed by atoms with E-state index < -0.39 is 18.3 Å². The summed E-state index contributed by atoms with van der Waals surface area (Å²) in [4.78, 5) is 0. The van der Waals surface area contributed by atoms with Gasteiger partial charge in [-0.15, -0.1) is 0 Å². The van der Waals surface area contributed by atoms with Crippen molar-refractivity contribution in [2.24, 2.45) is 5.92 Å². The van der Waals surface area contributed by atoms with Crippen LogP contribution in [0.4, 0.5) is 17.6 Å². The van der Waals surface area contributed by atoms with Crippen LogP contribution in [0.3, 0.4) is 0 Å². The van der Waals surface area contributed by atoms with Crippen LogP contribution in [0.25, 0.3) is 11.0 Å². The summed E-state index contributed by atoms with van der Waals surface area (Å²) < 4.78 is 58.5. The van der Waals surface area contributed by atoms with E-state index in [4.69, 9.17) is 4.42 Å². The van der Waals surface area contributed by atoms with Crippen LogP contribution in [0.5, 0.6) is 0 Å². The van der Waals surface area contributed by atoms with E-state index in [0.29, 0.717) is 24.0 Å². The molecule has 1 heterocycles. The van der Waals surface area contributed by atoms with Gasteiger partial charge in [-0.05, 0) is 48.9 Å². The minimum atomic E-state index is -2.62. The molecule has 1 aromatic carbocycles. The maximum absolute atomic E-state index is 13.4. The lowest BCUT2D eigenvalue weighted by Crippen LogP contribution is -2.26. The highest BCUT2D eigenvalue weighted by molar-refractivity contribution is 5.77. The van der Waals surface area contributed by atoms with Crippen molar-refractivity contribution in [2.45, 2.75) is 50.4 Å². The molecule has 0 amide bonds. The predicted octanol–water partition coefficient (Wildman–Crippen LogP) is 6.00. The summed E-state index contributed by atoms with van der Waals surface area (Å²) in [7, 11) is 0. The van der Waals surface area contributed by atoms with Crippen molar-refractivity contribution in [3.8, 4) is 0 Å². The number of hydrogen-bond acceptors (Lipinski definition) is 1. The van der Waals surface area contributed by atoms with E-state index in [-0.39, 0.29) is 25.2 Å². The van der Waals surface area contributed by atoms with Crippen LogP contribution in [0.15, 0.2) is 34.9 Å². The van der Waals surface area contributed by atoms with Gasteiger partial charge in [0, 0.05) is 24.1 Å². The highest BCUT2D eigenvalue weighted by Gasteiger charge is 2.37. The highest BCUT2D eigenvalue weighted by Crippen LogP contribution is 2.41. The van der Waals surface area contributed by atoms with Gasteiger partial charge in [-0.2, -0.15) is 0 Å². The molecule has 1 saturated carbocycles. The summed E-state index contributed by atoms with van der Waals surface area (Å²) >= 11 is 0. The average Bonchev–Trinajstić information content (AvgIpc) is 2.93. The molecular formula is C17H18F4O. The third-order valence-corrected chi connectivity index (χ3v) is 4.63. The number of halogens is 4. The Morgan fingerprint density at radius 2 is 1.86 bits per heavy atom. The Morgan fingerprint density at radius 1 is 1.14 bits per heavy atom. The Hall–Kier alpha value is -1.52. The molecule has 0 bridgehead atoms. The first-order chi connectivity index (χ1) is 10.4. The fraction of sp³-hybridized carbons (Fsp3) is 0.529. The van der Waals surface area contributed by atoms with E-state index >= 15 is 0 Å². The number of furan rings is 1. The molecule has 1 aromatic heterocycles. The van der Waals surface area contributed by atoms with Crippen LogP contribution in [0, 0.1) is 5.92 Å². The van der Waals surface area contributed by atoms with Crippen LogP contribution in [0.2, 0.25) is 0 Å². The fourth-order valence-electron chi connectivity index (χ4n) is 3.29. The largest absolute Gasteiger partial charge is 0.464 e. The molecule has 1 aliphatic carbocycles. The Kier molecular flexibility index (Phi) is 4.15. The number of rotatable bonds is 4. The SMILES string of the molecule is FC(F)C(CC1CCC(F)(F)CC1)c1ccc2occc2c1. The monoisotopic (exact) mass is 314 g/mol. The molecule has 2 aromatic rings. The lowest BCUT2D eigenvalue weighted by atomic mass is 9.79. The summed E-state index contributed by atoms with van der Waals surface area (Å²) in [5.41, 5.74) is 1.22. The third kappa shape index (κ3) is 3.28. The molecule has 22 heavy (non-hydrogen) atoms. The van der Waals surface area contributed by atoms with E-state index in [1.807, 2.05) is 0 Å². The van der Waals surface area contributed by atoms with Gasteiger partial charge in [0.05, 0.1) is 6.26 Å². The zero-order valence-corrected chi connectivity index (χ0v) is 12.1. The summed E-state index contributed by atoms with van der Waals surface area (Å²) in [6.07, 6.45) is -0.435. The summed E-state index contributed by atoms with van der Waals surface area (Å²) in [5, 5.41) is 0.790. The Balaban J connectivity index is 1.75. The van der Waals surface area contributed by atoms with E-state index in [2.05, 4.69) is 0 Å². The number of hydrogen-bond donors (Lipinski definition) is 0. The minimum Gasteiger partial charge on any atom is -0.464 e. The van der Waals surface area contributed by atoms with Gasteiger partial charge in [0.15, 0.2) is 0 Å². The van der Waals surface area contributed by atoms with Gasteiger partial charge in [0.25, 0.3) is 0 Å². The fourth-order valence-corrected chi connectivity index (χ4v) is 3.29. The molecule has 0 aliphatic heterocycles. The van der Waals surface area contributed by atoms with E-state index in [0.717, 1.165) is 5.39 Å². The molecule has 0 saturated heterocycles. The van der Waals surface area contributed by atoms with Crippen LogP contribution >= 0.6 is 0 Å². The molecule has 120 valence electrons. The molecule has 0 N–H and O–H groups in total. The van der Waals surface area contributed by atoms with Crippen molar-refractivity contribution in [3.63, 3.8) is 0 Å². The third-order valence-electron chi connectivity index (χ3n) is 4.63. The topological polar surface area (TPSA) is 13.1 Å². The molecule has 1 atom stereocenters. The second kappa shape index (κ2) is 5.94. The minimum absolute atomic E-state index is 0.0568. The maximum atomic E-state index is 13.4. The Morgan fingerprint density at radius 3 is 2.55 bits per heavy atom. The van der Waals surface area contributed by atoms with Gasteiger partial charge < -0.3 is 4.42 Å². The number of alkyl halides is 4. The predicted molar refractivity (Wildman–Crippen MR) is 76.5 cm³/mol. The van der Waals surface area contributed by atoms with Crippen LogP contribution < -0.4 is 0 Å². The Bertz CT molecular complexity index is 624. The van der Waals surface area contributed by atoms with E-state index in [9.17, 15) is 17.6 Å². The molecule has 0 spiro atoms. The lowest BCUT2D eigenvalue weighted by Gasteiger charge is -2.30. The van der Waals surface area contributed by atoms with Gasteiger partial charge in [-0.3, -0.25) is 0 Å². The lowest BCUT2D eigenvalue weighted by molar-refractivity contribution is -0.0489. The second-order valence-corrected chi connectivity index (χ2v) is 6.19. The Labute approximate surface area is 126 Å². The summed E-state index contributed by atoms with van der Waals surface area (Å²) in [6.45, 7) is 0. The molecule has 5 heteroatoms. The van der Waals surface area contributed by atoms with Gasteiger partial charge in [-0.25, -0.2) is 17.6 Å². The first-order valence-corrected chi connectivity index (χ1v) is 7.58. The van der Waals surface area contributed by atoms with Crippen LogP contribution in [0.1, 0.15) is 43.6 Å². The standard InChI is InChI=1S/C17H18F4O/c18-16(19)14(9-11-3-6-17(20,21)7-4-11)12-1-2-15-13(10-12)5-8-22-15/h1-2,5,8,10-11,14,16H,3-4,6-7,9H2. The quantitative estimate of drug-likeness (QED) is 0.631. The van der Waals surface area contributed by atoms with E-state index in [1.165, 1.54) is 6.26 Å². The molecular weight excluding hydrogens is 296 g/mol. The molecule has 1 nitrogen and oxygen atoms in total. The first-order valence-electron chi connectivity index (χ1n) is 7.58. The zero-order valence-electron chi connectivity index (χ0n) is 12.1. The van der Waals surface area contributed by atoms with Crippen molar-refractivity contribution < 1.29 is 22.0 Å². The first kappa shape index (κ1) is 15.4. The van der Waals surface area contributed by atoms with Crippen molar-refractivity contribution in [1.82, 2.24) is 0 Å². The number of fused-ring (bicyclic) bond motifs is 1. The average molecular weight is 314 g/mol. The van der Waals surface area contributed by atoms with Gasteiger partial charge in [0.1, 0.15) is 5.58 Å². The van der Waals surface area contributed by atoms with E-state index in [1.54, 1.807) is 24.3 Å². The molecule has 3 rings (SSSR count). The zero-order chi connectivity index (χ0) is 15.7. The van der Waals surface area contributed by atoms with Gasteiger partial charge >= 0.3 is 0 Å².